The lowest BCUT2D eigenvalue weighted by Gasteiger charge is -2.01. The molecule has 1 aromatic heterocycles. The normalized spacial score (nSPS) is 16.8. The van der Waals surface area contributed by atoms with E-state index in [2.05, 4.69) is 15.5 Å². The van der Waals surface area contributed by atoms with E-state index < -0.39 is 10.8 Å². The molecule has 0 aromatic carbocycles. The lowest BCUT2D eigenvalue weighted by atomic mass is 10.6. The summed E-state index contributed by atoms with van der Waals surface area (Å²) in [5.41, 5.74) is 5.30. The van der Waals surface area contributed by atoms with Crippen LogP contribution in [0.1, 0.15) is 24.6 Å². The molecule has 1 aliphatic rings. The fourth-order valence-electron chi connectivity index (χ4n) is 1.27. The van der Waals surface area contributed by atoms with Crippen molar-refractivity contribution in [3.05, 3.63) is 11.7 Å². The molecule has 1 heterocycles. The van der Waals surface area contributed by atoms with Crippen LogP contribution in [-0.2, 0) is 27.9 Å². The smallest absolute Gasteiger partial charge is 0.240 e. The SMILES string of the molecule is NCc1nc(CS(=O)CC(=O)NC2CC2)no1. The Balaban J connectivity index is 1.77. The molecule has 1 unspecified atom stereocenters. The molecule has 1 saturated carbocycles. The standard InChI is InChI=1S/C9H14N4O3S/c10-3-9-12-7(13-16-9)4-17(15)5-8(14)11-6-1-2-6/h6H,1-5,10H2,(H,11,14). The number of hydrogen-bond donors (Lipinski definition) is 2. The number of nitrogens with one attached hydrogen (secondary N) is 1. The zero-order chi connectivity index (χ0) is 12.3. The number of carbonyl (C=O) groups excluding carboxylic acids is 1. The van der Waals surface area contributed by atoms with Gasteiger partial charge in [0.25, 0.3) is 0 Å². The second-order valence-corrected chi connectivity index (χ2v) is 5.34. The number of aromatic nitrogens is 2. The van der Waals surface area contributed by atoms with Crippen LogP contribution in [-0.4, -0.2) is 32.1 Å². The van der Waals surface area contributed by atoms with E-state index in [1.165, 1.54) is 0 Å². The van der Waals surface area contributed by atoms with Gasteiger partial charge in [0.1, 0.15) is 5.75 Å². The Morgan fingerprint density at radius 3 is 2.94 bits per heavy atom. The van der Waals surface area contributed by atoms with Crippen LogP contribution in [0.15, 0.2) is 4.52 Å². The van der Waals surface area contributed by atoms with Gasteiger partial charge in [0, 0.05) is 16.8 Å². The van der Waals surface area contributed by atoms with Crippen LogP contribution < -0.4 is 11.1 Å². The van der Waals surface area contributed by atoms with E-state index in [1.807, 2.05) is 0 Å². The molecule has 1 fully saturated rings. The molecule has 1 aliphatic carbocycles. The third-order valence-electron chi connectivity index (χ3n) is 2.21. The highest BCUT2D eigenvalue weighted by Crippen LogP contribution is 2.18. The van der Waals surface area contributed by atoms with Gasteiger partial charge in [-0.3, -0.25) is 9.00 Å². The van der Waals surface area contributed by atoms with Crippen LogP contribution >= 0.6 is 0 Å². The monoisotopic (exact) mass is 258 g/mol. The van der Waals surface area contributed by atoms with E-state index in [9.17, 15) is 9.00 Å². The molecule has 0 bridgehead atoms. The van der Waals surface area contributed by atoms with Crippen molar-refractivity contribution < 1.29 is 13.5 Å². The summed E-state index contributed by atoms with van der Waals surface area (Å²) < 4.78 is 16.4. The third kappa shape index (κ3) is 3.90. The van der Waals surface area contributed by atoms with E-state index in [0.717, 1.165) is 12.8 Å². The largest absolute Gasteiger partial charge is 0.353 e. The summed E-state index contributed by atoms with van der Waals surface area (Å²) in [4.78, 5) is 15.3. The summed E-state index contributed by atoms with van der Waals surface area (Å²) in [6, 6.07) is 0.286. The van der Waals surface area contributed by atoms with Crippen LogP contribution in [0.3, 0.4) is 0 Å². The quantitative estimate of drug-likeness (QED) is 0.681. The topological polar surface area (TPSA) is 111 Å². The second-order valence-electron chi connectivity index (χ2n) is 3.88. The number of nitrogens with zero attached hydrogens (tertiary/aromatic N) is 2. The van der Waals surface area contributed by atoms with Crippen molar-refractivity contribution in [1.29, 1.82) is 0 Å². The van der Waals surface area contributed by atoms with Gasteiger partial charge in [-0.25, -0.2) is 0 Å². The molecule has 8 heteroatoms. The molecule has 2 rings (SSSR count). The van der Waals surface area contributed by atoms with E-state index in [1.54, 1.807) is 0 Å². The van der Waals surface area contributed by atoms with Gasteiger partial charge < -0.3 is 15.6 Å². The van der Waals surface area contributed by atoms with Gasteiger partial charge in [0.05, 0.1) is 12.3 Å². The number of amides is 1. The summed E-state index contributed by atoms with van der Waals surface area (Å²) in [6.07, 6.45) is 2.03. The number of carbonyl (C=O) groups is 1. The predicted molar refractivity (Wildman–Crippen MR) is 60.1 cm³/mol. The molecule has 1 atom stereocenters. The average molecular weight is 258 g/mol. The maximum absolute atomic E-state index is 11.6. The minimum absolute atomic E-state index is 0.0248. The Morgan fingerprint density at radius 2 is 2.35 bits per heavy atom. The first-order valence-corrected chi connectivity index (χ1v) is 6.82. The molecule has 0 aliphatic heterocycles. The molecule has 0 spiro atoms. The fourth-order valence-corrected chi connectivity index (χ4v) is 2.15. The van der Waals surface area contributed by atoms with E-state index in [0.29, 0.717) is 11.7 Å². The van der Waals surface area contributed by atoms with E-state index in [-0.39, 0.29) is 30.0 Å². The molecule has 0 saturated heterocycles. The summed E-state index contributed by atoms with van der Waals surface area (Å²) >= 11 is 0. The van der Waals surface area contributed by atoms with Crippen molar-refractivity contribution in [3.63, 3.8) is 0 Å². The maximum Gasteiger partial charge on any atom is 0.240 e. The van der Waals surface area contributed by atoms with Crippen molar-refractivity contribution in [2.45, 2.75) is 31.2 Å². The first kappa shape index (κ1) is 12.2. The Morgan fingerprint density at radius 1 is 1.59 bits per heavy atom. The van der Waals surface area contributed by atoms with E-state index in [4.69, 9.17) is 10.3 Å². The van der Waals surface area contributed by atoms with Gasteiger partial charge in [-0.05, 0) is 12.8 Å². The summed E-state index contributed by atoms with van der Waals surface area (Å²) in [6.45, 7) is 0.155. The number of hydrogen-bond acceptors (Lipinski definition) is 6. The lowest BCUT2D eigenvalue weighted by molar-refractivity contribution is -0.118. The molecule has 17 heavy (non-hydrogen) atoms. The summed E-state index contributed by atoms with van der Waals surface area (Å²) in [5, 5.41) is 6.39. The molecular weight excluding hydrogens is 244 g/mol. The van der Waals surface area contributed by atoms with Gasteiger partial charge in [-0.2, -0.15) is 4.98 Å². The van der Waals surface area contributed by atoms with Crippen LogP contribution in [0.5, 0.6) is 0 Å². The van der Waals surface area contributed by atoms with Crippen LogP contribution in [0.4, 0.5) is 0 Å². The van der Waals surface area contributed by atoms with Crippen molar-refractivity contribution in [1.82, 2.24) is 15.5 Å². The van der Waals surface area contributed by atoms with E-state index >= 15 is 0 Å². The first-order chi connectivity index (χ1) is 8.17. The lowest BCUT2D eigenvalue weighted by Crippen LogP contribution is -2.30. The van der Waals surface area contributed by atoms with Crippen molar-refractivity contribution in [2.75, 3.05) is 5.75 Å². The van der Waals surface area contributed by atoms with Crippen LogP contribution in [0, 0.1) is 0 Å². The fraction of sp³-hybridized carbons (Fsp3) is 0.667. The van der Waals surface area contributed by atoms with Crippen molar-refractivity contribution >= 4 is 16.7 Å². The first-order valence-electron chi connectivity index (χ1n) is 5.33. The molecule has 94 valence electrons. The minimum atomic E-state index is -1.32. The Kier molecular flexibility index (Phi) is 3.85. The maximum atomic E-state index is 11.6. The molecule has 3 N–H and O–H groups in total. The molecule has 7 nitrogen and oxygen atoms in total. The van der Waals surface area contributed by atoms with Crippen LogP contribution in [0.25, 0.3) is 0 Å². The summed E-state index contributed by atoms with van der Waals surface area (Å²) in [5.74, 6) is 0.528. The Labute approximate surface area is 101 Å². The highest BCUT2D eigenvalue weighted by atomic mass is 32.2. The highest BCUT2D eigenvalue weighted by molar-refractivity contribution is 7.84. The van der Waals surface area contributed by atoms with Crippen molar-refractivity contribution in [2.24, 2.45) is 5.73 Å². The van der Waals surface area contributed by atoms with Crippen LogP contribution in [0.2, 0.25) is 0 Å². The van der Waals surface area contributed by atoms with Crippen molar-refractivity contribution in [3.8, 4) is 0 Å². The molecule has 1 amide bonds. The van der Waals surface area contributed by atoms with Gasteiger partial charge in [0.15, 0.2) is 5.82 Å². The predicted octanol–water partition coefficient (Wildman–Crippen LogP) is -0.944. The van der Waals surface area contributed by atoms with Gasteiger partial charge in [0.2, 0.25) is 11.8 Å². The Bertz CT molecular complexity index is 430. The van der Waals surface area contributed by atoms with Gasteiger partial charge >= 0.3 is 0 Å². The highest BCUT2D eigenvalue weighted by Gasteiger charge is 2.24. The zero-order valence-electron chi connectivity index (χ0n) is 9.22. The third-order valence-corrected chi connectivity index (χ3v) is 3.37. The number of nitrogens with two attached hydrogens (primary N) is 1. The van der Waals surface area contributed by atoms with Gasteiger partial charge in [-0.1, -0.05) is 5.16 Å². The second kappa shape index (κ2) is 5.37. The van der Waals surface area contributed by atoms with Gasteiger partial charge in [-0.15, -0.1) is 0 Å². The minimum Gasteiger partial charge on any atom is -0.353 e. The molecule has 0 radical (unpaired) electrons. The number of rotatable bonds is 6. The summed E-state index contributed by atoms with van der Waals surface area (Å²) in [7, 11) is -1.32. The molecule has 1 aromatic rings. The average Bonchev–Trinajstić information content (AvgIpc) is 2.95. The molecular formula is C9H14N4O3S. The Hall–Kier alpha value is -1.28. The zero-order valence-corrected chi connectivity index (χ0v) is 10.0.